The number of hydrogen-bond acceptors (Lipinski definition) is 3. The molecule has 0 radical (unpaired) electrons. The van der Waals surface area contributed by atoms with Crippen molar-refractivity contribution in [2.24, 2.45) is 5.73 Å². The van der Waals surface area contributed by atoms with E-state index in [4.69, 9.17) is 27.8 Å². The summed E-state index contributed by atoms with van der Waals surface area (Å²) in [6.07, 6.45) is 0. The van der Waals surface area contributed by atoms with Gasteiger partial charge in [-0.3, -0.25) is 4.79 Å². The second-order valence-corrected chi connectivity index (χ2v) is 4.11. The SMILES string of the molecule is NC(=O)c1cccc(Oc2ccc(Cl)cc2N)c1. The van der Waals surface area contributed by atoms with Crippen LogP contribution in [-0.4, -0.2) is 5.91 Å². The summed E-state index contributed by atoms with van der Waals surface area (Å²) in [6, 6.07) is 11.5. The molecule has 2 aromatic carbocycles. The predicted molar refractivity (Wildman–Crippen MR) is 70.9 cm³/mol. The minimum absolute atomic E-state index is 0.375. The molecule has 0 heterocycles. The maximum atomic E-state index is 11.0. The summed E-state index contributed by atoms with van der Waals surface area (Å²) in [6.45, 7) is 0. The van der Waals surface area contributed by atoms with E-state index < -0.39 is 5.91 Å². The van der Waals surface area contributed by atoms with Gasteiger partial charge in [0.05, 0.1) is 5.69 Å². The van der Waals surface area contributed by atoms with E-state index in [1.807, 2.05) is 0 Å². The molecule has 18 heavy (non-hydrogen) atoms. The third kappa shape index (κ3) is 2.73. The number of ether oxygens (including phenoxy) is 1. The van der Waals surface area contributed by atoms with Crippen LogP contribution in [0.1, 0.15) is 10.4 Å². The van der Waals surface area contributed by atoms with Crippen LogP contribution >= 0.6 is 11.6 Å². The Morgan fingerprint density at radius 2 is 1.94 bits per heavy atom. The zero-order valence-electron chi connectivity index (χ0n) is 9.39. The highest BCUT2D eigenvalue weighted by Crippen LogP contribution is 2.29. The topological polar surface area (TPSA) is 78.3 Å². The van der Waals surface area contributed by atoms with Crippen molar-refractivity contribution in [3.8, 4) is 11.5 Å². The van der Waals surface area contributed by atoms with Crippen LogP contribution in [-0.2, 0) is 0 Å². The molecule has 0 aliphatic heterocycles. The molecule has 4 N–H and O–H groups in total. The summed E-state index contributed by atoms with van der Waals surface area (Å²) in [7, 11) is 0. The molecular formula is C13H11ClN2O2. The Hall–Kier alpha value is -2.20. The van der Waals surface area contributed by atoms with Gasteiger partial charge in [-0.2, -0.15) is 0 Å². The number of nitrogens with two attached hydrogens (primary N) is 2. The lowest BCUT2D eigenvalue weighted by Gasteiger charge is -2.09. The first-order valence-corrected chi connectivity index (χ1v) is 5.57. The molecule has 0 aliphatic rings. The van der Waals surface area contributed by atoms with E-state index in [0.717, 1.165) is 0 Å². The molecule has 0 spiro atoms. The number of amides is 1. The van der Waals surface area contributed by atoms with Crippen molar-refractivity contribution in [1.82, 2.24) is 0 Å². The second kappa shape index (κ2) is 4.98. The molecule has 0 atom stereocenters. The summed E-state index contributed by atoms with van der Waals surface area (Å²) in [5.41, 5.74) is 11.8. The van der Waals surface area contributed by atoms with Gasteiger partial charge in [-0.05, 0) is 36.4 Å². The minimum Gasteiger partial charge on any atom is -0.455 e. The van der Waals surface area contributed by atoms with Gasteiger partial charge in [0.15, 0.2) is 0 Å². The van der Waals surface area contributed by atoms with Crippen LogP contribution in [0.3, 0.4) is 0 Å². The lowest BCUT2D eigenvalue weighted by atomic mass is 10.2. The Bertz CT molecular complexity index is 599. The first-order chi connectivity index (χ1) is 8.56. The van der Waals surface area contributed by atoms with E-state index in [-0.39, 0.29) is 0 Å². The fourth-order valence-electron chi connectivity index (χ4n) is 1.45. The third-order valence-corrected chi connectivity index (χ3v) is 2.55. The molecule has 0 saturated carbocycles. The van der Waals surface area contributed by atoms with Gasteiger partial charge in [0.25, 0.3) is 0 Å². The van der Waals surface area contributed by atoms with Crippen LogP contribution in [0.15, 0.2) is 42.5 Å². The van der Waals surface area contributed by atoms with E-state index in [2.05, 4.69) is 0 Å². The van der Waals surface area contributed by atoms with E-state index in [0.29, 0.717) is 27.8 Å². The standard InChI is InChI=1S/C13H11ClN2O2/c14-9-4-5-12(11(15)7-9)18-10-3-1-2-8(6-10)13(16)17/h1-7H,15H2,(H2,16,17). The Kier molecular flexibility index (Phi) is 3.39. The maximum Gasteiger partial charge on any atom is 0.248 e. The summed E-state index contributed by atoms with van der Waals surface area (Å²) in [5.74, 6) is 0.450. The van der Waals surface area contributed by atoms with E-state index >= 15 is 0 Å². The highest BCUT2D eigenvalue weighted by molar-refractivity contribution is 6.30. The Morgan fingerprint density at radius 1 is 1.17 bits per heavy atom. The molecule has 92 valence electrons. The second-order valence-electron chi connectivity index (χ2n) is 3.68. The lowest BCUT2D eigenvalue weighted by molar-refractivity contribution is 0.1000. The first kappa shape index (κ1) is 12.3. The molecule has 5 heteroatoms. The number of rotatable bonds is 3. The van der Waals surface area contributed by atoms with Gasteiger partial charge >= 0.3 is 0 Å². The fraction of sp³-hybridized carbons (Fsp3) is 0. The number of halogens is 1. The molecule has 0 fully saturated rings. The number of hydrogen-bond donors (Lipinski definition) is 2. The molecule has 0 aromatic heterocycles. The Balaban J connectivity index is 2.28. The van der Waals surface area contributed by atoms with Crippen molar-refractivity contribution in [1.29, 1.82) is 0 Å². The zero-order chi connectivity index (χ0) is 13.1. The van der Waals surface area contributed by atoms with Gasteiger partial charge in [0, 0.05) is 10.6 Å². The van der Waals surface area contributed by atoms with Crippen molar-refractivity contribution in [3.05, 3.63) is 53.1 Å². The molecule has 0 bridgehead atoms. The van der Waals surface area contributed by atoms with E-state index in [9.17, 15) is 4.79 Å². The van der Waals surface area contributed by atoms with E-state index in [1.54, 1.807) is 42.5 Å². The number of primary amides is 1. The monoisotopic (exact) mass is 262 g/mol. The summed E-state index contributed by atoms with van der Waals surface area (Å²) >= 11 is 5.79. The third-order valence-electron chi connectivity index (χ3n) is 2.32. The average Bonchev–Trinajstić information content (AvgIpc) is 2.33. The largest absolute Gasteiger partial charge is 0.455 e. The summed E-state index contributed by atoms with van der Waals surface area (Å²) < 4.78 is 5.56. The van der Waals surface area contributed by atoms with Crippen LogP contribution in [0, 0.1) is 0 Å². The molecule has 0 aliphatic carbocycles. The van der Waals surface area contributed by atoms with Crippen LogP contribution in [0.5, 0.6) is 11.5 Å². The number of carbonyl (C=O) groups excluding carboxylic acids is 1. The highest BCUT2D eigenvalue weighted by atomic mass is 35.5. The summed E-state index contributed by atoms with van der Waals surface area (Å²) in [4.78, 5) is 11.0. The zero-order valence-corrected chi connectivity index (χ0v) is 10.1. The fourth-order valence-corrected chi connectivity index (χ4v) is 1.63. The smallest absolute Gasteiger partial charge is 0.248 e. The van der Waals surface area contributed by atoms with Crippen LogP contribution < -0.4 is 16.2 Å². The number of anilines is 1. The van der Waals surface area contributed by atoms with Gasteiger partial charge in [-0.1, -0.05) is 17.7 Å². The molecule has 0 saturated heterocycles. The normalized spacial score (nSPS) is 10.1. The predicted octanol–water partition coefficient (Wildman–Crippen LogP) is 2.81. The van der Waals surface area contributed by atoms with Crippen LogP contribution in [0.25, 0.3) is 0 Å². The maximum absolute atomic E-state index is 11.0. The summed E-state index contributed by atoms with van der Waals surface area (Å²) in [5, 5.41) is 0.533. The average molecular weight is 263 g/mol. The molecule has 1 amide bonds. The van der Waals surface area contributed by atoms with Gasteiger partial charge < -0.3 is 16.2 Å². The van der Waals surface area contributed by atoms with Crippen molar-refractivity contribution >= 4 is 23.2 Å². The number of benzene rings is 2. The van der Waals surface area contributed by atoms with Crippen LogP contribution in [0.4, 0.5) is 5.69 Å². The van der Waals surface area contributed by atoms with E-state index in [1.165, 1.54) is 0 Å². The minimum atomic E-state index is -0.510. The van der Waals surface area contributed by atoms with Gasteiger partial charge in [-0.15, -0.1) is 0 Å². The van der Waals surface area contributed by atoms with Gasteiger partial charge in [-0.25, -0.2) is 0 Å². The van der Waals surface area contributed by atoms with Crippen molar-refractivity contribution < 1.29 is 9.53 Å². The number of carbonyl (C=O) groups is 1. The Labute approximate surface area is 109 Å². The van der Waals surface area contributed by atoms with Crippen molar-refractivity contribution in [2.45, 2.75) is 0 Å². The molecular weight excluding hydrogens is 252 g/mol. The van der Waals surface area contributed by atoms with Gasteiger partial charge in [0.2, 0.25) is 5.91 Å². The Morgan fingerprint density at radius 3 is 2.61 bits per heavy atom. The molecule has 4 nitrogen and oxygen atoms in total. The van der Waals surface area contributed by atoms with Gasteiger partial charge in [0.1, 0.15) is 11.5 Å². The molecule has 2 aromatic rings. The molecule has 0 unspecified atom stereocenters. The van der Waals surface area contributed by atoms with Crippen LogP contribution in [0.2, 0.25) is 5.02 Å². The van der Waals surface area contributed by atoms with Crippen molar-refractivity contribution in [2.75, 3.05) is 5.73 Å². The first-order valence-electron chi connectivity index (χ1n) is 5.19. The quantitative estimate of drug-likeness (QED) is 0.835. The molecule has 2 rings (SSSR count). The highest BCUT2D eigenvalue weighted by Gasteiger charge is 2.05. The number of nitrogen functional groups attached to an aromatic ring is 1. The lowest BCUT2D eigenvalue weighted by Crippen LogP contribution is -2.10. The van der Waals surface area contributed by atoms with Crippen molar-refractivity contribution in [3.63, 3.8) is 0 Å².